The fourth-order valence-electron chi connectivity index (χ4n) is 4.95. The maximum atomic E-state index is 12.8. The second-order valence-electron chi connectivity index (χ2n) is 10.3. The van der Waals surface area contributed by atoms with Crippen LogP contribution in [0.15, 0.2) is 28.9 Å². The molecule has 1 fully saturated rings. The number of likely N-dealkylation sites (tertiary alicyclic amines) is 1. The molecule has 0 unspecified atom stereocenters. The molecule has 0 bridgehead atoms. The first-order valence-electron chi connectivity index (χ1n) is 12.2. The van der Waals surface area contributed by atoms with E-state index in [-0.39, 0.29) is 75.0 Å². The van der Waals surface area contributed by atoms with E-state index in [9.17, 15) is 14.7 Å². The fraction of sp³-hybridized carbons (Fsp3) is 0.423. The van der Waals surface area contributed by atoms with Gasteiger partial charge in [0.1, 0.15) is 11.4 Å². The standard InChI is InChI=1S/C26H30N6O5.K.H/c1-26(2)12-16-20(24(34)35)31-37-22(16)21-17(26)13-27-25(30-21)29-18-6-5-14(11-19(18)36-4)23(33)28-15-7-9-32(3)10-8-15;;/h5-6,11,13,15H,7-10,12H2,1-4H3,(H,28,33)(H,34,35)(H,27,29,30);;. The van der Waals surface area contributed by atoms with Crippen LogP contribution in [0.25, 0.3) is 11.5 Å². The average molecular weight is 547 g/mol. The first kappa shape index (κ1) is 28.6. The number of hydrogen-bond donors (Lipinski definition) is 3. The summed E-state index contributed by atoms with van der Waals surface area (Å²) in [5.41, 5.74) is 2.43. The second kappa shape index (κ2) is 11.4. The Hall–Kier alpha value is -2.35. The Bertz CT molecular complexity index is 1370. The van der Waals surface area contributed by atoms with Crippen molar-refractivity contribution in [2.24, 2.45) is 0 Å². The van der Waals surface area contributed by atoms with Gasteiger partial charge in [-0.15, -0.1) is 0 Å². The number of nitrogens with zero attached hydrogens (tertiary/aromatic N) is 4. The number of methoxy groups -OCH3 is 1. The van der Waals surface area contributed by atoms with Gasteiger partial charge in [-0.3, -0.25) is 4.79 Å². The molecule has 1 amide bonds. The Morgan fingerprint density at radius 1 is 1.24 bits per heavy atom. The Labute approximate surface area is 263 Å². The number of piperidine rings is 1. The number of carboxylic acid groups (broad SMARTS) is 1. The van der Waals surface area contributed by atoms with E-state index in [0.717, 1.165) is 31.5 Å². The third kappa shape index (κ3) is 5.65. The predicted molar refractivity (Wildman–Crippen MR) is 143 cm³/mol. The first-order valence-corrected chi connectivity index (χ1v) is 12.2. The van der Waals surface area contributed by atoms with Crippen molar-refractivity contribution in [3.63, 3.8) is 0 Å². The van der Waals surface area contributed by atoms with E-state index in [4.69, 9.17) is 9.26 Å². The van der Waals surface area contributed by atoms with Crippen molar-refractivity contribution in [3.8, 4) is 17.2 Å². The third-order valence-corrected chi connectivity index (χ3v) is 7.11. The average Bonchev–Trinajstić information content (AvgIpc) is 3.29. The van der Waals surface area contributed by atoms with Crippen LogP contribution in [0.2, 0.25) is 0 Å². The number of carbonyl (C=O) groups excluding carboxylic acids is 1. The first-order chi connectivity index (χ1) is 17.7. The van der Waals surface area contributed by atoms with Gasteiger partial charge in [-0.2, -0.15) is 0 Å². The van der Waals surface area contributed by atoms with Crippen LogP contribution in [0.4, 0.5) is 11.6 Å². The van der Waals surface area contributed by atoms with Crippen LogP contribution in [0, 0.1) is 0 Å². The number of carbonyl (C=O) groups is 2. The molecule has 1 aliphatic heterocycles. The second-order valence-corrected chi connectivity index (χ2v) is 10.3. The number of aromatic carboxylic acids is 1. The van der Waals surface area contributed by atoms with Crippen molar-refractivity contribution < 1.29 is 24.0 Å². The summed E-state index contributed by atoms with van der Waals surface area (Å²) >= 11 is 0. The Kier molecular flexibility index (Phi) is 8.60. The van der Waals surface area contributed by atoms with Gasteiger partial charge in [0.05, 0.1) is 12.8 Å². The quantitative estimate of drug-likeness (QED) is 0.395. The van der Waals surface area contributed by atoms with E-state index in [1.54, 1.807) is 24.4 Å². The topological polar surface area (TPSA) is 143 Å². The van der Waals surface area contributed by atoms with Crippen LogP contribution in [0.3, 0.4) is 0 Å². The van der Waals surface area contributed by atoms with E-state index in [1.165, 1.54) is 7.11 Å². The number of benzene rings is 1. The molecule has 3 N–H and O–H groups in total. The van der Waals surface area contributed by atoms with Crippen LogP contribution >= 0.6 is 0 Å². The molecule has 3 aromatic rings. The number of amides is 1. The minimum atomic E-state index is -1.14. The summed E-state index contributed by atoms with van der Waals surface area (Å²) in [5, 5.41) is 19.5. The number of anilines is 2. The number of carboxylic acids is 1. The molecule has 12 heteroatoms. The SMILES string of the molecule is COc1cc(C(=O)NC2CCN(C)CC2)ccc1Nc1ncc2c(n1)-c1onc(C(=O)O)c1CC2(C)C.[KH]. The van der Waals surface area contributed by atoms with Gasteiger partial charge in [0.15, 0.2) is 11.5 Å². The molecule has 0 saturated carbocycles. The van der Waals surface area contributed by atoms with Crippen molar-refractivity contribution in [2.45, 2.75) is 44.6 Å². The fourth-order valence-corrected chi connectivity index (χ4v) is 4.95. The number of ether oxygens (including phenoxy) is 1. The predicted octanol–water partition coefficient (Wildman–Crippen LogP) is 2.59. The zero-order chi connectivity index (χ0) is 26.3. The molecule has 196 valence electrons. The minimum absolute atomic E-state index is 0. The molecule has 2 aromatic heterocycles. The summed E-state index contributed by atoms with van der Waals surface area (Å²) in [4.78, 5) is 35.8. The van der Waals surface area contributed by atoms with Crippen LogP contribution in [0.5, 0.6) is 5.75 Å². The maximum absolute atomic E-state index is 12.8. The van der Waals surface area contributed by atoms with E-state index >= 15 is 0 Å². The summed E-state index contributed by atoms with van der Waals surface area (Å²) < 4.78 is 11.0. The number of rotatable bonds is 6. The van der Waals surface area contributed by atoms with E-state index in [1.807, 2.05) is 13.8 Å². The van der Waals surface area contributed by atoms with E-state index < -0.39 is 11.4 Å². The van der Waals surface area contributed by atoms with E-state index in [2.05, 4.69) is 37.7 Å². The molecule has 3 heterocycles. The summed E-state index contributed by atoms with van der Waals surface area (Å²) in [5.74, 6) is -0.200. The normalized spacial score (nSPS) is 16.5. The van der Waals surface area contributed by atoms with Crippen LogP contribution in [0.1, 0.15) is 58.7 Å². The molecule has 0 atom stereocenters. The molecule has 5 rings (SSSR count). The zero-order valence-corrected chi connectivity index (χ0v) is 21.3. The molecule has 0 radical (unpaired) electrons. The summed E-state index contributed by atoms with van der Waals surface area (Å²) in [7, 11) is 3.61. The van der Waals surface area contributed by atoms with Crippen LogP contribution in [-0.4, -0.2) is 122 Å². The van der Waals surface area contributed by atoms with Crippen molar-refractivity contribution in [1.29, 1.82) is 0 Å². The molecular formula is C26H31KN6O5. The van der Waals surface area contributed by atoms with Gasteiger partial charge in [-0.05, 0) is 63.0 Å². The van der Waals surface area contributed by atoms with Gasteiger partial charge in [0.2, 0.25) is 5.95 Å². The monoisotopic (exact) mass is 546 g/mol. The Morgan fingerprint density at radius 2 is 1.97 bits per heavy atom. The number of hydrogen-bond acceptors (Lipinski definition) is 9. The molecule has 1 aliphatic carbocycles. The summed E-state index contributed by atoms with van der Waals surface area (Å²) in [6, 6.07) is 5.31. The Balaban J connectivity index is 0.00000336. The molecule has 11 nitrogen and oxygen atoms in total. The zero-order valence-electron chi connectivity index (χ0n) is 21.3. The molecule has 2 aliphatic rings. The molecule has 1 saturated heterocycles. The molecule has 38 heavy (non-hydrogen) atoms. The van der Waals surface area contributed by atoms with Gasteiger partial charge >= 0.3 is 57.4 Å². The van der Waals surface area contributed by atoms with Crippen LogP contribution in [-0.2, 0) is 11.8 Å². The van der Waals surface area contributed by atoms with Crippen molar-refractivity contribution in [2.75, 3.05) is 32.6 Å². The number of aromatic nitrogens is 3. The number of fused-ring (bicyclic) bond motifs is 3. The van der Waals surface area contributed by atoms with Crippen molar-refractivity contribution in [3.05, 3.63) is 46.8 Å². The molecular weight excluding hydrogens is 515 g/mol. The number of nitrogens with one attached hydrogen (secondary N) is 2. The van der Waals surface area contributed by atoms with Gasteiger partial charge in [0, 0.05) is 28.9 Å². The Morgan fingerprint density at radius 3 is 2.66 bits per heavy atom. The third-order valence-electron chi connectivity index (χ3n) is 7.11. The van der Waals surface area contributed by atoms with Gasteiger partial charge in [-0.25, -0.2) is 14.8 Å². The van der Waals surface area contributed by atoms with Gasteiger partial charge in [0.25, 0.3) is 5.91 Å². The van der Waals surface area contributed by atoms with Crippen molar-refractivity contribution >= 4 is 74.9 Å². The summed E-state index contributed by atoms with van der Waals surface area (Å²) in [6.07, 6.45) is 4.01. The van der Waals surface area contributed by atoms with E-state index in [0.29, 0.717) is 40.4 Å². The van der Waals surface area contributed by atoms with Gasteiger partial charge in [-0.1, -0.05) is 19.0 Å². The van der Waals surface area contributed by atoms with Crippen LogP contribution < -0.4 is 15.4 Å². The molecule has 0 spiro atoms. The van der Waals surface area contributed by atoms with Gasteiger partial charge < -0.3 is 29.9 Å². The molecule has 1 aromatic carbocycles. The van der Waals surface area contributed by atoms with Crippen molar-refractivity contribution in [1.82, 2.24) is 25.3 Å². The summed E-state index contributed by atoms with van der Waals surface area (Å²) in [6.45, 7) is 5.93.